The predicted octanol–water partition coefficient (Wildman–Crippen LogP) is 1.18. The molecule has 1 aliphatic heterocycles. The van der Waals surface area contributed by atoms with Crippen LogP contribution in [0.4, 0.5) is 0 Å². The molecule has 0 aromatic carbocycles. The molecule has 108 valence electrons. The van der Waals surface area contributed by atoms with Gasteiger partial charge in [-0.15, -0.1) is 0 Å². The SMILES string of the molecule is CC(C)CC(=O)NCCN1C(=O)CC(C(C)C)C1=O. The third-order valence-corrected chi connectivity index (χ3v) is 3.33. The number of imide groups is 1. The van der Waals surface area contributed by atoms with Gasteiger partial charge in [0.1, 0.15) is 0 Å². The molecular formula is C14H24N2O3. The summed E-state index contributed by atoms with van der Waals surface area (Å²) in [5.41, 5.74) is 0. The molecular weight excluding hydrogens is 244 g/mol. The van der Waals surface area contributed by atoms with Gasteiger partial charge in [0.05, 0.1) is 0 Å². The van der Waals surface area contributed by atoms with Crippen LogP contribution in [-0.4, -0.2) is 35.7 Å². The minimum Gasteiger partial charge on any atom is -0.354 e. The first-order valence-electron chi connectivity index (χ1n) is 6.93. The fraction of sp³-hybridized carbons (Fsp3) is 0.786. The van der Waals surface area contributed by atoms with E-state index in [0.717, 1.165) is 0 Å². The summed E-state index contributed by atoms with van der Waals surface area (Å²) in [4.78, 5) is 36.5. The molecule has 0 aromatic rings. The number of hydrogen-bond donors (Lipinski definition) is 1. The Morgan fingerprint density at radius 2 is 1.95 bits per heavy atom. The van der Waals surface area contributed by atoms with Gasteiger partial charge in [0.25, 0.3) is 0 Å². The molecule has 19 heavy (non-hydrogen) atoms. The molecule has 1 atom stereocenters. The molecule has 1 unspecified atom stereocenters. The van der Waals surface area contributed by atoms with Crippen LogP contribution in [-0.2, 0) is 14.4 Å². The maximum Gasteiger partial charge on any atom is 0.233 e. The van der Waals surface area contributed by atoms with Crippen molar-refractivity contribution in [2.45, 2.75) is 40.5 Å². The lowest BCUT2D eigenvalue weighted by atomic mass is 9.94. The fourth-order valence-electron chi connectivity index (χ4n) is 2.21. The Bertz CT molecular complexity index is 364. The first-order valence-corrected chi connectivity index (χ1v) is 6.93. The Labute approximate surface area is 114 Å². The van der Waals surface area contributed by atoms with Gasteiger partial charge >= 0.3 is 0 Å². The number of carbonyl (C=O) groups is 3. The molecule has 0 aromatic heterocycles. The zero-order valence-corrected chi connectivity index (χ0v) is 12.2. The first-order chi connectivity index (χ1) is 8.82. The summed E-state index contributed by atoms with van der Waals surface area (Å²) in [5.74, 6) is 0.0330. The summed E-state index contributed by atoms with van der Waals surface area (Å²) in [6.07, 6.45) is 0.771. The molecule has 1 fully saturated rings. The van der Waals surface area contributed by atoms with Crippen molar-refractivity contribution in [3.8, 4) is 0 Å². The number of amides is 3. The number of carbonyl (C=O) groups excluding carboxylic acids is 3. The van der Waals surface area contributed by atoms with Crippen molar-refractivity contribution >= 4 is 17.7 Å². The average Bonchev–Trinajstić information content (AvgIpc) is 2.55. The van der Waals surface area contributed by atoms with E-state index in [2.05, 4.69) is 5.32 Å². The van der Waals surface area contributed by atoms with Crippen LogP contribution >= 0.6 is 0 Å². The van der Waals surface area contributed by atoms with Gasteiger partial charge in [-0.25, -0.2) is 0 Å². The van der Waals surface area contributed by atoms with Crippen LogP contribution in [0, 0.1) is 17.8 Å². The second kappa shape index (κ2) is 6.68. The number of rotatable bonds is 6. The summed E-state index contributed by atoms with van der Waals surface area (Å²) < 4.78 is 0. The minimum absolute atomic E-state index is 0.0329. The lowest BCUT2D eigenvalue weighted by Gasteiger charge is -2.16. The van der Waals surface area contributed by atoms with E-state index >= 15 is 0 Å². The van der Waals surface area contributed by atoms with E-state index in [4.69, 9.17) is 0 Å². The Morgan fingerprint density at radius 3 is 2.42 bits per heavy atom. The highest BCUT2D eigenvalue weighted by Gasteiger charge is 2.39. The van der Waals surface area contributed by atoms with Gasteiger partial charge in [0, 0.05) is 31.8 Å². The molecule has 1 aliphatic rings. The molecule has 1 N–H and O–H groups in total. The van der Waals surface area contributed by atoms with Gasteiger partial charge in [0.15, 0.2) is 0 Å². The molecule has 3 amide bonds. The van der Waals surface area contributed by atoms with E-state index in [-0.39, 0.29) is 36.1 Å². The van der Waals surface area contributed by atoms with Crippen molar-refractivity contribution in [2.24, 2.45) is 17.8 Å². The third kappa shape index (κ3) is 4.33. The van der Waals surface area contributed by atoms with Gasteiger partial charge < -0.3 is 5.32 Å². The number of nitrogens with one attached hydrogen (secondary N) is 1. The van der Waals surface area contributed by atoms with Crippen LogP contribution < -0.4 is 5.32 Å². The molecule has 5 nitrogen and oxygen atoms in total. The Hall–Kier alpha value is -1.39. The summed E-state index contributed by atoms with van der Waals surface area (Å²) in [5, 5.41) is 2.74. The second-order valence-corrected chi connectivity index (χ2v) is 5.89. The quantitative estimate of drug-likeness (QED) is 0.736. The summed E-state index contributed by atoms with van der Waals surface area (Å²) in [7, 11) is 0. The normalized spacial score (nSPS) is 19.7. The van der Waals surface area contributed by atoms with Gasteiger partial charge in [-0.2, -0.15) is 0 Å². The summed E-state index contributed by atoms with van der Waals surface area (Å²) in [6.45, 7) is 8.47. The molecule has 1 rings (SSSR count). The van der Waals surface area contributed by atoms with Crippen LogP contribution in [0.2, 0.25) is 0 Å². The average molecular weight is 268 g/mol. The van der Waals surface area contributed by atoms with Crippen molar-refractivity contribution < 1.29 is 14.4 Å². The molecule has 1 heterocycles. The van der Waals surface area contributed by atoms with E-state index < -0.39 is 0 Å². The van der Waals surface area contributed by atoms with Gasteiger partial charge in [-0.05, 0) is 11.8 Å². The Morgan fingerprint density at radius 1 is 1.32 bits per heavy atom. The number of likely N-dealkylation sites (tertiary alicyclic amines) is 1. The predicted molar refractivity (Wildman–Crippen MR) is 72.1 cm³/mol. The highest BCUT2D eigenvalue weighted by Crippen LogP contribution is 2.25. The number of hydrogen-bond acceptors (Lipinski definition) is 3. The number of nitrogens with zero attached hydrogens (tertiary/aromatic N) is 1. The second-order valence-electron chi connectivity index (χ2n) is 5.89. The van der Waals surface area contributed by atoms with Gasteiger partial charge in [-0.3, -0.25) is 19.3 Å². The molecule has 0 aliphatic carbocycles. The van der Waals surface area contributed by atoms with Gasteiger partial charge in [-0.1, -0.05) is 27.7 Å². The first kappa shape index (κ1) is 15.7. The van der Waals surface area contributed by atoms with E-state index in [1.165, 1.54) is 4.90 Å². The molecule has 1 saturated heterocycles. The zero-order valence-electron chi connectivity index (χ0n) is 12.2. The van der Waals surface area contributed by atoms with Crippen molar-refractivity contribution in [3.63, 3.8) is 0 Å². The monoisotopic (exact) mass is 268 g/mol. The van der Waals surface area contributed by atoms with Crippen LogP contribution in [0.25, 0.3) is 0 Å². The summed E-state index contributed by atoms with van der Waals surface area (Å²) in [6, 6.07) is 0. The highest BCUT2D eigenvalue weighted by molar-refractivity contribution is 6.03. The summed E-state index contributed by atoms with van der Waals surface area (Å²) >= 11 is 0. The van der Waals surface area contributed by atoms with Crippen molar-refractivity contribution in [1.82, 2.24) is 10.2 Å². The van der Waals surface area contributed by atoms with Crippen LogP contribution in [0.1, 0.15) is 40.5 Å². The molecule has 5 heteroatoms. The highest BCUT2D eigenvalue weighted by atomic mass is 16.2. The molecule has 0 radical (unpaired) electrons. The van der Waals surface area contributed by atoms with Crippen molar-refractivity contribution in [3.05, 3.63) is 0 Å². The van der Waals surface area contributed by atoms with Crippen LogP contribution in [0.5, 0.6) is 0 Å². The van der Waals surface area contributed by atoms with Crippen molar-refractivity contribution in [2.75, 3.05) is 13.1 Å². The lowest BCUT2D eigenvalue weighted by molar-refractivity contribution is -0.140. The Balaban J connectivity index is 2.39. The van der Waals surface area contributed by atoms with Crippen molar-refractivity contribution in [1.29, 1.82) is 0 Å². The third-order valence-electron chi connectivity index (χ3n) is 3.33. The maximum atomic E-state index is 12.0. The Kier molecular flexibility index (Phi) is 5.51. The van der Waals surface area contributed by atoms with E-state index in [9.17, 15) is 14.4 Å². The standard InChI is InChI=1S/C14H24N2O3/c1-9(2)7-12(17)15-5-6-16-13(18)8-11(10(3)4)14(16)19/h9-11H,5-8H2,1-4H3,(H,15,17). The minimum atomic E-state index is -0.195. The fourth-order valence-corrected chi connectivity index (χ4v) is 2.21. The molecule has 0 spiro atoms. The van der Waals surface area contributed by atoms with Gasteiger partial charge in [0.2, 0.25) is 17.7 Å². The van der Waals surface area contributed by atoms with E-state index in [1.54, 1.807) is 0 Å². The lowest BCUT2D eigenvalue weighted by Crippen LogP contribution is -2.39. The largest absolute Gasteiger partial charge is 0.354 e. The van der Waals surface area contributed by atoms with E-state index in [1.807, 2.05) is 27.7 Å². The molecule has 0 saturated carbocycles. The van der Waals surface area contributed by atoms with Crippen LogP contribution in [0.15, 0.2) is 0 Å². The van der Waals surface area contributed by atoms with E-state index in [0.29, 0.717) is 25.3 Å². The zero-order chi connectivity index (χ0) is 14.6. The van der Waals surface area contributed by atoms with Crippen LogP contribution in [0.3, 0.4) is 0 Å². The topological polar surface area (TPSA) is 66.5 Å². The molecule has 0 bridgehead atoms. The maximum absolute atomic E-state index is 12.0. The smallest absolute Gasteiger partial charge is 0.233 e.